The van der Waals surface area contributed by atoms with Gasteiger partial charge in [-0.15, -0.1) is 0 Å². The summed E-state index contributed by atoms with van der Waals surface area (Å²) < 4.78 is 5.22. The molecule has 0 radical (unpaired) electrons. The summed E-state index contributed by atoms with van der Waals surface area (Å²) in [5.41, 5.74) is -0.439. The largest absolute Gasteiger partial charge is 0.384 e. The van der Waals surface area contributed by atoms with Crippen molar-refractivity contribution in [1.29, 1.82) is 0 Å². The third-order valence-corrected chi connectivity index (χ3v) is 3.78. The van der Waals surface area contributed by atoms with Gasteiger partial charge in [-0.05, 0) is 25.9 Å². The van der Waals surface area contributed by atoms with E-state index >= 15 is 0 Å². The summed E-state index contributed by atoms with van der Waals surface area (Å²) in [7, 11) is 1.62. The third-order valence-electron chi connectivity index (χ3n) is 3.78. The molecule has 0 aliphatic carbocycles. The first kappa shape index (κ1) is 13.3. The molecule has 0 aromatic rings. The first-order chi connectivity index (χ1) is 8.66. The summed E-state index contributed by atoms with van der Waals surface area (Å²) >= 11 is 0. The predicted octanol–water partition coefficient (Wildman–Crippen LogP) is -0.993. The number of hydrogen-bond donors (Lipinski definition) is 3. The molecule has 3 N–H and O–H groups in total. The van der Waals surface area contributed by atoms with Gasteiger partial charge in [0, 0.05) is 20.1 Å². The lowest BCUT2D eigenvalue weighted by Crippen LogP contribution is -2.52. The van der Waals surface area contributed by atoms with E-state index in [1.54, 1.807) is 7.11 Å². The van der Waals surface area contributed by atoms with Crippen molar-refractivity contribution in [2.45, 2.75) is 25.3 Å². The zero-order chi connectivity index (χ0) is 13.0. The smallest absolute Gasteiger partial charge is 0.228 e. The second-order valence-corrected chi connectivity index (χ2v) is 5.14. The van der Waals surface area contributed by atoms with Crippen LogP contribution < -0.4 is 16.0 Å². The van der Waals surface area contributed by atoms with E-state index in [1.165, 1.54) is 0 Å². The number of piperidine rings is 1. The van der Waals surface area contributed by atoms with Crippen LogP contribution in [0.1, 0.15) is 19.3 Å². The molecule has 102 valence electrons. The number of carbonyl (C=O) groups excluding carboxylic acids is 2. The molecule has 1 atom stereocenters. The maximum Gasteiger partial charge on any atom is 0.228 e. The Morgan fingerprint density at radius 2 is 2.22 bits per heavy atom. The van der Waals surface area contributed by atoms with E-state index in [-0.39, 0.29) is 17.9 Å². The van der Waals surface area contributed by atoms with E-state index in [2.05, 4.69) is 16.0 Å². The van der Waals surface area contributed by atoms with Crippen molar-refractivity contribution in [3.8, 4) is 0 Å². The molecule has 6 nitrogen and oxygen atoms in total. The summed E-state index contributed by atoms with van der Waals surface area (Å²) in [5.74, 6) is 0.0266. The molecular weight excluding hydrogens is 234 g/mol. The number of amides is 2. The molecule has 6 heteroatoms. The highest BCUT2D eigenvalue weighted by Crippen LogP contribution is 2.29. The Bertz CT molecular complexity index is 321. The Balaban J connectivity index is 1.97. The number of rotatable bonds is 4. The van der Waals surface area contributed by atoms with Crippen LogP contribution in [0.2, 0.25) is 0 Å². The van der Waals surface area contributed by atoms with Gasteiger partial charge in [-0.3, -0.25) is 9.59 Å². The van der Waals surface area contributed by atoms with Crippen molar-refractivity contribution in [3.63, 3.8) is 0 Å². The maximum atomic E-state index is 12.4. The van der Waals surface area contributed by atoms with Gasteiger partial charge in [-0.25, -0.2) is 0 Å². The van der Waals surface area contributed by atoms with Crippen LogP contribution in [0.3, 0.4) is 0 Å². The molecule has 0 aromatic carbocycles. The monoisotopic (exact) mass is 255 g/mol. The molecule has 2 aliphatic heterocycles. The average molecular weight is 255 g/mol. The zero-order valence-electron chi connectivity index (χ0n) is 10.8. The van der Waals surface area contributed by atoms with Crippen molar-refractivity contribution >= 4 is 11.8 Å². The van der Waals surface area contributed by atoms with Gasteiger partial charge in [0.05, 0.1) is 18.1 Å². The van der Waals surface area contributed by atoms with Gasteiger partial charge in [-0.2, -0.15) is 0 Å². The van der Waals surface area contributed by atoms with Gasteiger partial charge < -0.3 is 20.7 Å². The number of hydrogen-bond acceptors (Lipinski definition) is 4. The molecule has 2 saturated heterocycles. The van der Waals surface area contributed by atoms with Crippen molar-refractivity contribution in [2.75, 3.05) is 33.4 Å². The van der Waals surface area contributed by atoms with Crippen molar-refractivity contribution in [3.05, 3.63) is 0 Å². The van der Waals surface area contributed by atoms with E-state index in [9.17, 15) is 9.59 Å². The molecule has 0 spiro atoms. The van der Waals surface area contributed by atoms with E-state index in [4.69, 9.17) is 4.74 Å². The first-order valence-corrected chi connectivity index (χ1v) is 6.44. The van der Waals surface area contributed by atoms with Gasteiger partial charge >= 0.3 is 0 Å². The quantitative estimate of drug-likeness (QED) is 0.602. The van der Waals surface area contributed by atoms with Gasteiger partial charge in [0.2, 0.25) is 11.8 Å². The number of methoxy groups -OCH3 is 1. The van der Waals surface area contributed by atoms with Crippen LogP contribution in [0.15, 0.2) is 0 Å². The Labute approximate surface area is 107 Å². The van der Waals surface area contributed by atoms with Crippen LogP contribution in [0, 0.1) is 5.41 Å². The fourth-order valence-corrected chi connectivity index (χ4v) is 2.66. The lowest BCUT2D eigenvalue weighted by atomic mass is 9.78. The minimum absolute atomic E-state index is 0.00593. The summed E-state index contributed by atoms with van der Waals surface area (Å²) in [6.45, 7) is 2.64. The molecule has 0 aromatic heterocycles. The summed E-state index contributed by atoms with van der Waals surface area (Å²) in [6.07, 6.45) is 1.94. The number of carbonyl (C=O) groups is 2. The second kappa shape index (κ2) is 5.67. The minimum Gasteiger partial charge on any atom is -0.384 e. The highest BCUT2D eigenvalue weighted by molar-refractivity contribution is 5.85. The van der Waals surface area contributed by atoms with Crippen LogP contribution in [0.5, 0.6) is 0 Å². The van der Waals surface area contributed by atoms with Gasteiger partial charge in [-0.1, -0.05) is 0 Å². The zero-order valence-corrected chi connectivity index (χ0v) is 10.8. The summed E-state index contributed by atoms with van der Waals surface area (Å²) in [5, 5.41) is 8.95. The van der Waals surface area contributed by atoms with Crippen LogP contribution >= 0.6 is 0 Å². The second-order valence-electron chi connectivity index (χ2n) is 5.14. The van der Waals surface area contributed by atoms with E-state index in [0.717, 1.165) is 25.9 Å². The maximum absolute atomic E-state index is 12.4. The van der Waals surface area contributed by atoms with Crippen LogP contribution in [-0.4, -0.2) is 51.2 Å². The summed E-state index contributed by atoms with van der Waals surface area (Å²) in [4.78, 5) is 23.5. The molecule has 18 heavy (non-hydrogen) atoms. The highest BCUT2D eigenvalue weighted by Gasteiger charge is 2.41. The van der Waals surface area contributed by atoms with Gasteiger partial charge in [0.15, 0.2) is 0 Å². The fourth-order valence-electron chi connectivity index (χ4n) is 2.66. The molecule has 0 bridgehead atoms. The van der Waals surface area contributed by atoms with Gasteiger partial charge in [0.1, 0.15) is 0 Å². The lowest BCUT2D eigenvalue weighted by molar-refractivity contribution is -0.136. The molecule has 2 amide bonds. The molecule has 2 rings (SSSR count). The molecule has 2 aliphatic rings. The molecule has 2 fully saturated rings. The number of ether oxygens (including phenoxy) is 1. The van der Waals surface area contributed by atoms with Crippen LogP contribution in [0.4, 0.5) is 0 Å². The lowest BCUT2D eigenvalue weighted by Gasteiger charge is -2.36. The van der Waals surface area contributed by atoms with Crippen molar-refractivity contribution in [2.24, 2.45) is 5.41 Å². The normalized spacial score (nSPS) is 26.7. The Morgan fingerprint density at radius 1 is 1.50 bits per heavy atom. The van der Waals surface area contributed by atoms with E-state index in [0.29, 0.717) is 19.6 Å². The minimum atomic E-state index is -0.439. The topological polar surface area (TPSA) is 79.5 Å². The molecule has 2 heterocycles. The Kier molecular flexibility index (Phi) is 4.19. The Hall–Kier alpha value is -1.14. The average Bonchev–Trinajstić information content (AvgIpc) is 2.76. The van der Waals surface area contributed by atoms with Crippen molar-refractivity contribution < 1.29 is 14.3 Å². The summed E-state index contributed by atoms with van der Waals surface area (Å²) in [6, 6.07) is -0.0754. The highest BCUT2D eigenvalue weighted by atomic mass is 16.5. The Morgan fingerprint density at radius 3 is 2.78 bits per heavy atom. The van der Waals surface area contributed by atoms with Crippen LogP contribution in [-0.2, 0) is 14.3 Å². The standard InChI is InChI=1S/C12H21N3O3/c1-18-8-12(2-4-13-5-3-12)11(17)15-9-6-10(16)14-7-9/h9,13H,2-8H2,1H3,(H,14,16)(H,15,17). The van der Waals surface area contributed by atoms with E-state index in [1.807, 2.05) is 0 Å². The molecule has 1 unspecified atom stereocenters. The number of nitrogens with one attached hydrogen (secondary N) is 3. The molecule has 0 saturated carbocycles. The molecular formula is C12H21N3O3. The third kappa shape index (κ3) is 2.81. The fraction of sp³-hybridized carbons (Fsp3) is 0.833. The van der Waals surface area contributed by atoms with Crippen molar-refractivity contribution in [1.82, 2.24) is 16.0 Å². The van der Waals surface area contributed by atoms with E-state index < -0.39 is 5.41 Å². The van der Waals surface area contributed by atoms with Gasteiger partial charge in [0.25, 0.3) is 0 Å². The first-order valence-electron chi connectivity index (χ1n) is 6.44. The SMILES string of the molecule is COCC1(C(=O)NC2CNC(=O)C2)CCNCC1. The van der Waals surface area contributed by atoms with Crippen LogP contribution in [0.25, 0.3) is 0 Å². The predicted molar refractivity (Wildman–Crippen MR) is 66.0 cm³/mol.